The van der Waals surface area contributed by atoms with Gasteiger partial charge in [0.15, 0.2) is 11.6 Å². The molecule has 2 aliphatic rings. The van der Waals surface area contributed by atoms with Crippen LogP contribution in [0, 0.1) is 11.8 Å². The number of ketones is 2. The Morgan fingerprint density at radius 2 is 1.53 bits per heavy atom. The first-order chi connectivity index (χ1) is 15.4. The van der Waals surface area contributed by atoms with Crippen molar-refractivity contribution in [1.29, 1.82) is 0 Å². The lowest BCUT2D eigenvalue weighted by Gasteiger charge is -2.31. The molecule has 0 aromatic heterocycles. The lowest BCUT2D eigenvalue weighted by Crippen LogP contribution is -2.51. The van der Waals surface area contributed by atoms with Crippen molar-refractivity contribution in [2.75, 3.05) is 18.0 Å². The Morgan fingerprint density at radius 3 is 2.19 bits per heavy atom. The van der Waals surface area contributed by atoms with E-state index in [1.54, 1.807) is 0 Å². The molecule has 172 valence electrons. The van der Waals surface area contributed by atoms with Gasteiger partial charge in [0, 0.05) is 11.5 Å². The van der Waals surface area contributed by atoms with Crippen LogP contribution in [0.2, 0.25) is 0 Å². The number of hydrogen-bond acceptors (Lipinski definition) is 4. The number of benzene rings is 1. The number of rotatable bonds is 9. The zero-order chi connectivity index (χ0) is 23.1. The van der Waals surface area contributed by atoms with Gasteiger partial charge in [-0.25, -0.2) is 10.6 Å². The lowest BCUT2D eigenvalue weighted by molar-refractivity contribution is -0.121. The largest absolute Gasteiger partial charge is 0.339 e. The molecule has 6 heteroatoms. The van der Waals surface area contributed by atoms with Crippen molar-refractivity contribution in [2.24, 2.45) is 17.7 Å². The highest BCUT2D eigenvalue weighted by Gasteiger charge is 2.31. The Labute approximate surface area is 191 Å². The fourth-order valence-corrected chi connectivity index (χ4v) is 4.90. The second-order valence-electron chi connectivity index (χ2n) is 8.99. The van der Waals surface area contributed by atoms with Gasteiger partial charge in [-0.3, -0.25) is 19.5 Å². The summed E-state index contributed by atoms with van der Waals surface area (Å²) in [6.07, 6.45) is 10.7. The first kappa shape index (κ1) is 23.9. The smallest absolute Gasteiger partial charge is 0.297 e. The second-order valence-corrected chi connectivity index (χ2v) is 8.99. The van der Waals surface area contributed by atoms with Gasteiger partial charge in [-0.15, -0.1) is 0 Å². The van der Waals surface area contributed by atoms with Crippen molar-refractivity contribution in [1.82, 2.24) is 5.01 Å². The van der Waals surface area contributed by atoms with Crippen LogP contribution >= 0.6 is 0 Å². The van der Waals surface area contributed by atoms with E-state index in [4.69, 9.17) is 5.84 Å². The van der Waals surface area contributed by atoms with Crippen LogP contribution in [0.25, 0.3) is 5.57 Å². The van der Waals surface area contributed by atoms with Crippen LogP contribution in [0.15, 0.2) is 43.5 Å². The number of nitrogens with two attached hydrogens (primary N) is 1. The minimum atomic E-state index is -0.574. The van der Waals surface area contributed by atoms with E-state index in [0.717, 1.165) is 60.7 Å². The second kappa shape index (κ2) is 11.2. The molecule has 6 nitrogen and oxygen atoms in total. The number of carbonyl (C=O) groups is 3. The molecule has 2 amide bonds. The van der Waals surface area contributed by atoms with E-state index in [2.05, 4.69) is 13.2 Å². The Hall–Kier alpha value is -2.73. The molecule has 32 heavy (non-hydrogen) atoms. The molecule has 0 spiro atoms. The van der Waals surface area contributed by atoms with Gasteiger partial charge in [0.25, 0.3) is 0 Å². The molecule has 0 aliphatic heterocycles. The van der Waals surface area contributed by atoms with Gasteiger partial charge in [-0.2, -0.15) is 0 Å². The number of Topliss-reactive ketones (excluding diaryl/α,β-unsaturated/α-hetero) is 1. The molecular formula is C26H35N3O3. The zero-order valence-electron chi connectivity index (χ0n) is 18.9. The van der Waals surface area contributed by atoms with E-state index >= 15 is 0 Å². The molecule has 2 aliphatic carbocycles. The van der Waals surface area contributed by atoms with Gasteiger partial charge in [0.1, 0.15) is 6.54 Å². The van der Waals surface area contributed by atoms with E-state index in [0.29, 0.717) is 11.6 Å². The van der Waals surface area contributed by atoms with Gasteiger partial charge in [0.05, 0.1) is 12.2 Å². The number of hydrogen-bond donors (Lipinski definition) is 1. The van der Waals surface area contributed by atoms with Gasteiger partial charge in [0.2, 0.25) is 0 Å². The maximum atomic E-state index is 13.4. The van der Waals surface area contributed by atoms with Crippen molar-refractivity contribution < 1.29 is 14.4 Å². The summed E-state index contributed by atoms with van der Waals surface area (Å²) in [5.74, 6) is 5.99. The average molecular weight is 438 g/mol. The third kappa shape index (κ3) is 5.74. The van der Waals surface area contributed by atoms with Crippen LogP contribution in [-0.2, 0) is 9.59 Å². The number of amides is 2. The molecule has 2 saturated carbocycles. The Bertz CT molecular complexity index is 867. The first-order valence-corrected chi connectivity index (χ1v) is 11.7. The number of urea groups is 1. The van der Waals surface area contributed by atoms with Crippen molar-refractivity contribution in [3.63, 3.8) is 0 Å². The number of nitrogens with zero attached hydrogens (tertiary/aromatic N) is 2. The Kier molecular flexibility index (Phi) is 8.39. The van der Waals surface area contributed by atoms with Crippen molar-refractivity contribution in [2.45, 2.75) is 57.8 Å². The molecule has 0 heterocycles. The quantitative estimate of drug-likeness (QED) is 0.258. The first-order valence-electron chi connectivity index (χ1n) is 11.7. The topological polar surface area (TPSA) is 83.7 Å². The Balaban J connectivity index is 1.92. The van der Waals surface area contributed by atoms with Crippen molar-refractivity contribution in [3.05, 3.63) is 49.1 Å². The highest BCUT2D eigenvalue weighted by molar-refractivity contribution is 6.02. The predicted molar refractivity (Wildman–Crippen MR) is 128 cm³/mol. The summed E-state index contributed by atoms with van der Waals surface area (Å²) in [5.41, 5.74) is 2.49. The number of para-hydroxylation sites is 1. The predicted octanol–water partition coefficient (Wildman–Crippen LogP) is 4.90. The zero-order valence-corrected chi connectivity index (χ0v) is 18.9. The molecule has 2 N–H and O–H groups in total. The summed E-state index contributed by atoms with van der Waals surface area (Å²) in [7, 11) is 0. The summed E-state index contributed by atoms with van der Waals surface area (Å²) in [6, 6.07) is 7.00. The van der Waals surface area contributed by atoms with Crippen LogP contribution in [0.3, 0.4) is 0 Å². The maximum absolute atomic E-state index is 13.4. The number of hydrazine groups is 1. The molecule has 1 aromatic carbocycles. The van der Waals surface area contributed by atoms with Crippen LogP contribution in [0.1, 0.15) is 63.4 Å². The van der Waals surface area contributed by atoms with E-state index in [-0.39, 0.29) is 30.6 Å². The fraction of sp³-hybridized carbons (Fsp3) is 0.500. The van der Waals surface area contributed by atoms with Gasteiger partial charge < -0.3 is 0 Å². The third-order valence-electron chi connectivity index (χ3n) is 6.79. The van der Waals surface area contributed by atoms with Crippen LogP contribution in [0.5, 0.6) is 0 Å². The molecule has 0 bridgehead atoms. The highest BCUT2D eigenvalue weighted by Crippen LogP contribution is 2.38. The normalized spacial score (nSPS) is 17.0. The van der Waals surface area contributed by atoms with Gasteiger partial charge >= 0.3 is 6.03 Å². The molecule has 3 rings (SSSR count). The highest BCUT2D eigenvalue weighted by atomic mass is 16.2. The summed E-state index contributed by atoms with van der Waals surface area (Å²) in [5, 5.41) is 0.867. The minimum Gasteiger partial charge on any atom is -0.297 e. The molecule has 0 radical (unpaired) electrons. The molecular weight excluding hydrogens is 402 g/mol. The third-order valence-corrected chi connectivity index (χ3v) is 6.79. The average Bonchev–Trinajstić information content (AvgIpc) is 3.37. The van der Waals surface area contributed by atoms with Gasteiger partial charge in [-0.05, 0) is 49.3 Å². The van der Waals surface area contributed by atoms with Crippen LogP contribution < -0.4 is 10.7 Å². The fourth-order valence-electron chi connectivity index (χ4n) is 4.90. The van der Waals surface area contributed by atoms with Crippen molar-refractivity contribution in [3.8, 4) is 0 Å². The van der Waals surface area contributed by atoms with Crippen molar-refractivity contribution >= 4 is 28.9 Å². The monoisotopic (exact) mass is 437 g/mol. The summed E-state index contributed by atoms with van der Waals surface area (Å²) in [4.78, 5) is 39.7. The van der Waals surface area contributed by atoms with E-state index in [1.165, 1.54) is 24.2 Å². The number of carbonyl (C=O) groups excluding carboxylic acids is 3. The number of anilines is 1. The molecule has 2 fully saturated rings. The van der Waals surface area contributed by atoms with E-state index < -0.39 is 6.03 Å². The van der Waals surface area contributed by atoms with E-state index in [1.807, 2.05) is 24.3 Å². The standard InChI is InChI=1S/C26H35N3O3/c1-3-22(30)17-29(27)26(32)28(18-25(31)21-13-7-8-14-21)24-16-10-9-15-23(24)19(2)20-11-5-4-6-12-20/h3,9-10,15-16,20-21H,1-2,4-8,11-14,17-18,27H2. The molecule has 1 aromatic rings. The van der Waals surface area contributed by atoms with E-state index in [9.17, 15) is 14.4 Å². The SMILES string of the molecule is C=CC(=O)CN(N)C(=O)N(CC(=O)C1CCCC1)c1ccccc1C(=C)C1CCCCC1. The van der Waals surface area contributed by atoms with Gasteiger partial charge in [-0.1, -0.05) is 63.5 Å². The van der Waals surface area contributed by atoms with Crippen LogP contribution in [0.4, 0.5) is 10.5 Å². The maximum Gasteiger partial charge on any atom is 0.339 e. The minimum absolute atomic E-state index is 0.0277. The molecule has 0 atom stereocenters. The van der Waals surface area contributed by atoms with Crippen LogP contribution in [-0.4, -0.2) is 35.7 Å². The Morgan fingerprint density at radius 1 is 0.938 bits per heavy atom. The molecule has 0 saturated heterocycles. The lowest BCUT2D eigenvalue weighted by atomic mass is 9.81. The molecule has 0 unspecified atom stereocenters. The summed E-state index contributed by atoms with van der Waals surface area (Å²) >= 11 is 0. The number of allylic oxidation sites excluding steroid dienone is 1. The summed E-state index contributed by atoms with van der Waals surface area (Å²) < 4.78 is 0. The summed E-state index contributed by atoms with van der Waals surface area (Å²) in [6.45, 7) is 7.47.